The normalized spacial score (nSPS) is 14.9. The van der Waals surface area contributed by atoms with Crippen LogP contribution in [0.2, 0.25) is 0 Å². The van der Waals surface area contributed by atoms with Crippen LogP contribution in [-0.2, 0) is 0 Å². The molecule has 0 radical (unpaired) electrons. The van der Waals surface area contributed by atoms with Crippen molar-refractivity contribution >= 4 is 38.3 Å². The second-order valence-corrected chi connectivity index (χ2v) is 7.67. The van der Waals surface area contributed by atoms with Crippen LogP contribution in [0.1, 0.15) is 19.3 Å². The predicted molar refractivity (Wildman–Crippen MR) is 115 cm³/mol. The average molecular weight is 443 g/mol. The van der Waals surface area contributed by atoms with E-state index in [1.165, 1.54) is 38.7 Å². The molecule has 1 fully saturated rings. The minimum atomic E-state index is 0.324. The van der Waals surface area contributed by atoms with Gasteiger partial charge >= 0.3 is 0 Å². The number of ether oxygens (including phenoxy) is 1. The number of halogens is 1. The van der Waals surface area contributed by atoms with Crippen molar-refractivity contribution in [1.29, 1.82) is 0 Å². The SMILES string of the molecule is Nc1c(NCCN2CCCCC2)ncnc1Oc1ccc(Br)c2cccnc12. The molecule has 146 valence electrons. The van der Waals surface area contributed by atoms with Gasteiger partial charge in [0.05, 0.1) is 0 Å². The van der Waals surface area contributed by atoms with Gasteiger partial charge in [0.1, 0.15) is 17.5 Å². The van der Waals surface area contributed by atoms with Crippen molar-refractivity contribution in [3.63, 3.8) is 0 Å². The smallest absolute Gasteiger partial charge is 0.248 e. The third-order valence-corrected chi connectivity index (χ3v) is 5.59. The van der Waals surface area contributed by atoms with E-state index in [9.17, 15) is 0 Å². The summed E-state index contributed by atoms with van der Waals surface area (Å²) in [6.45, 7) is 4.09. The number of rotatable bonds is 6. The van der Waals surface area contributed by atoms with Crippen LogP contribution in [0.25, 0.3) is 10.9 Å². The highest BCUT2D eigenvalue weighted by molar-refractivity contribution is 9.10. The zero-order valence-corrected chi connectivity index (χ0v) is 17.2. The molecule has 2 aromatic heterocycles. The molecule has 0 atom stereocenters. The molecule has 0 unspecified atom stereocenters. The number of piperidine rings is 1. The summed E-state index contributed by atoms with van der Waals surface area (Å²) in [5, 5.41) is 4.28. The van der Waals surface area contributed by atoms with Gasteiger partial charge in [-0.3, -0.25) is 4.98 Å². The number of fused-ring (bicyclic) bond motifs is 1. The van der Waals surface area contributed by atoms with Crippen LogP contribution < -0.4 is 15.8 Å². The van der Waals surface area contributed by atoms with Crippen molar-refractivity contribution < 1.29 is 4.74 Å². The van der Waals surface area contributed by atoms with Gasteiger partial charge in [-0.25, -0.2) is 4.98 Å². The summed E-state index contributed by atoms with van der Waals surface area (Å²) in [7, 11) is 0. The number of aromatic nitrogens is 3. The van der Waals surface area contributed by atoms with Crippen LogP contribution in [-0.4, -0.2) is 46.0 Å². The van der Waals surface area contributed by atoms with Crippen molar-refractivity contribution in [3.05, 3.63) is 41.3 Å². The van der Waals surface area contributed by atoms with Gasteiger partial charge in [-0.15, -0.1) is 0 Å². The molecule has 0 aliphatic carbocycles. The first-order valence-corrected chi connectivity index (χ1v) is 10.3. The maximum absolute atomic E-state index is 6.27. The summed E-state index contributed by atoms with van der Waals surface area (Å²) in [6, 6.07) is 7.65. The van der Waals surface area contributed by atoms with Crippen molar-refractivity contribution in [1.82, 2.24) is 19.9 Å². The minimum Gasteiger partial charge on any atom is -0.435 e. The fourth-order valence-corrected chi connectivity index (χ4v) is 3.87. The number of nitrogens with zero attached hydrogens (tertiary/aromatic N) is 4. The Balaban J connectivity index is 1.49. The second kappa shape index (κ2) is 8.70. The summed E-state index contributed by atoms with van der Waals surface area (Å²) in [6.07, 6.45) is 7.09. The second-order valence-electron chi connectivity index (χ2n) is 6.82. The molecular weight excluding hydrogens is 420 g/mol. The molecule has 3 N–H and O–H groups in total. The number of hydrogen-bond acceptors (Lipinski definition) is 7. The van der Waals surface area contributed by atoms with E-state index in [1.807, 2.05) is 24.3 Å². The van der Waals surface area contributed by atoms with Gasteiger partial charge in [-0.2, -0.15) is 4.98 Å². The number of nitrogen functional groups attached to an aromatic ring is 1. The van der Waals surface area contributed by atoms with Crippen LogP contribution in [0.15, 0.2) is 41.3 Å². The number of benzene rings is 1. The van der Waals surface area contributed by atoms with Crippen molar-refractivity contribution in [2.45, 2.75) is 19.3 Å². The van der Waals surface area contributed by atoms with Gasteiger partial charge in [0.25, 0.3) is 0 Å². The molecule has 0 amide bonds. The fourth-order valence-electron chi connectivity index (χ4n) is 3.42. The van der Waals surface area contributed by atoms with Crippen LogP contribution >= 0.6 is 15.9 Å². The van der Waals surface area contributed by atoms with Gasteiger partial charge in [-0.05, 0) is 44.1 Å². The van der Waals surface area contributed by atoms with Crippen molar-refractivity contribution in [2.75, 3.05) is 37.2 Å². The van der Waals surface area contributed by atoms with Crippen LogP contribution in [0.3, 0.4) is 0 Å². The lowest BCUT2D eigenvalue weighted by Gasteiger charge is -2.26. The topological polar surface area (TPSA) is 89.2 Å². The maximum atomic E-state index is 6.27. The molecule has 1 aliphatic heterocycles. The Morgan fingerprint density at radius 3 is 2.82 bits per heavy atom. The standard InChI is InChI=1S/C20H23BrN6O/c21-15-6-7-16(18-14(15)5-4-8-23-18)28-20-17(22)19(25-13-26-20)24-9-12-27-10-2-1-3-11-27/h4-8,13H,1-3,9-12,22H2,(H,24,25,26). The van der Waals surface area contributed by atoms with Crippen LogP contribution in [0.5, 0.6) is 11.6 Å². The zero-order chi connectivity index (χ0) is 19.3. The lowest BCUT2D eigenvalue weighted by Crippen LogP contribution is -2.33. The Morgan fingerprint density at radius 2 is 1.96 bits per heavy atom. The fraction of sp³-hybridized carbons (Fsp3) is 0.350. The molecule has 0 spiro atoms. The summed E-state index contributed by atoms with van der Waals surface area (Å²) in [5.41, 5.74) is 7.41. The third kappa shape index (κ3) is 4.18. The number of nitrogens with one attached hydrogen (secondary N) is 1. The number of hydrogen-bond donors (Lipinski definition) is 2. The van der Waals surface area contributed by atoms with Gasteiger partial charge in [0.2, 0.25) is 5.88 Å². The molecule has 0 bridgehead atoms. The molecule has 4 rings (SSSR count). The lowest BCUT2D eigenvalue weighted by atomic mass is 10.1. The summed E-state index contributed by atoms with van der Waals surface area (Å²) >= 11 is 3.54. The van der Waals surface area contributed by atoms with E-state index in [4.69, 9.17) is 10.5 Å². The number of nitrogens with two attached hydrogens (primary N) is 1. The van der Waals surface area contributed by atoms with Gasteiger partial charge in [-0.1, -0.05) is 28.4 Å². The van der Waals surface area contributed by atoms with E-state index in [2.05, 4.69) is 41.1 Å². The third-order valence-electron chi connectivity index (χ3n) is 4.90. The molecule has 8 heteroatoms. The lowest BCUT2D eigenvalue weighted by molar-refractivity contribution is 0.237. The van der Waals surface area contributed by atoms with Gasteiger partial charge < -0.3 is 20.7 Å². The molecule has 7 nitrogen and oxygen atoms in total. The van der Waals surface area contributed by atoms with E-state index in [0.29, 0.717) is 23.1 Å². The first-order valence-electron chi connectivity index (χ1n) is 9.50. The number of pyridine rings is 1. The highest BCUT2D eigenvalue weighted by atomic mass is 79.9. The van der Waals surface area contributed by atoms with Gasteiger partial charge in [0, 0.05) is 29.1 Å². The van der Waals surface area contributed by atoms with Crippen molar-refractivity contribution in [2.24, 2.45) is 0 Å². The van der Waals surface area contributed by atoms with E-state index in [0.717, 1.165) is 28.5 Å². The predicted octanol–water partition coefficient (Wildman–Crippen LogP) is 4.06. The molecule has 3 aromatic rings. The number of anilines is 2. The largest absolute Gasteiger partial charge is 0.435 e. The Bertz CT molecular complexity index is 961. The highest BCUT2D eigenvalue weighted by Crippen LogP contribution is 2.35. The molecule has 28 heavy (non-hydrogen) atoms. The Hall–Kier alpha value is -2.45. The molecule has 1 saturated heterocycles. The van der Waals surface area contributed by atoms with Crippen LogP contribution in [0, 0.1) is 0 Å². The van der Waals surface area contributed by atoms with E-state index in [1.54, 1.807) is 6.20 Å². The minimum absolute atomic E-state index is 0.324. The molecule has 3 heterocycles. The van der Waals surface area contributed by atoms with Crippen molar-refractivity contribution in [3.8, 4) is 11.6 Å². The molecule has 0 saturated carbocycles. The van der Waals surface area contributed by atoms with E-state index >= 15 is 0 Å². The highest BCUT2D eigenvalue weighted by Gasteiger charge is 2.14. The first-order chi connectivity index (χ1) is 13.7. The van der Waals surface area contributed by atoms with Gasteiger partial charge in [0.15, 0.2) is 11.6 Å². The molecule has 1 aromatic carbocycles. The Labute approximate surface area is 172 Å². The Morgan fingerprint density at radius 1 is 1.11 bits per heavy atom. The maximum Gasteiger partial charge on any atom is 0.248 e. The van der Waals surface area contributed by atoms with Crippen LogP contribution in [0.4, 0.5) is 11.5 Å². The molecule has 1 aliphatic rings. The average Bonchev–Trinajstić information content (AvgIpc) is 2.73. The molecular formula is C20H23BrN6O. The monoisotopic (exact) mass is 442 g/mol. The number of likely N-dealkylation sites (tertiary alicyclic amines) is 1. The summed E-state index contributed by atoms with van der Waals surface area (Å²) in [5.74, 6) is 1.52. The first kappa shape index (κ1) is 18.9. The summed E-state index contributed by atoms with van der Waals surface area (Å²) in [4.78, 5) is 15.4. The quantitative estimate of drug-likeness (QED) is 0.594. The Kier molecular flexibility index (Phi) is 5.87. The summed E-state index contributed by atoms with van der Waals surface area (Å²) < 4.78 is 6.96. The zero-order valence-electron chi connectivity index (χ0n) is 15.6. The van der Waals surface area contributed by atoms with E-state index in [-0.39, 0.29) is 0 Å². The van der Waals surface area contributed by atoms with E-state index < -0.39 is 0 Å².